The zero-order valence-electron chi connectivity index (χ0n) is 14.0. The number of aromatic hydroxyl groups is 2. The molecule has 0 unspecified atom stereocenters. The van der Waals surface area contributed by atoms with E-state index in [9.17, 15) is 23.4 Å². The van der Waals surface area contributed by atoms with Gasteiger partial charge in [-0.3, -0.25) is 0 Å². The highest BCUT2D eigenvalue weighted by Crippen LogP contribution is 2.33. The Hall–Kier alpha value is -3.26. The first-order valence-corrected chi connectivity index (χ1v) is 9.44. The molecule has 0 aliphatic heterocycles. The zero-order chi connectivity index (χ0) is 19.6. The van der Waals surface area contributed by atoms with E-state index in [1.807, 2.05) is 0 Å². The smallest absolute Gasteiger partial charge is 0.335 e. The highest BCUT2D eigenvalue weighted by Gasteiger charge is 2.24. The number of carbonyl (C=O) groups is 1. The van der Waals surface area contributed by atoms with E-state index in [0.29, 0.717) is 17.9 Å². The van der Waals surface area contributed by atoms with Crippen LogP contribution in [-0.4, -0.2) is 29.7 Å². The molecule has 0 aromatic heterocycles. The Kier molecular flexibility index (Phi) is 4.91. The topological polar surface area (TPSA) is 121 Å². The molecule has 3 rings (SSSR count). The third-order valence-electron chi connectivity index (χ3n) is 4.03. The molecule has 1 aliphatic carbocycles. The van der Waals surface area contributed by atoms with Gasteiger partial charge in [-0.05, 0) is 55.0 Å². The molecule has 7 nitrogen and oxygen atoms in total. The van der Waals surface area contributed by atoms with E-state index in [0.717, 1.165) is 12.1 Å². The van der Waals surface area contributed by atoms with Crippen LogP contribution < -0.4 is 4.74 Å². The summed E-state index contributed by atoms with van der Waals surface area (Å²) in [5.41, 5.74) is 0.144. The fourth-order valence-electron chi connectivity index (χ4n) is 2.55. The molecule has 0 bridgehead atoms. The number of benzene rings is 2. The SMILES string of the molecule is O=C(O)c1ccc(OC2=CC=C(S(=O)(=O)c3ccc(O)c(O)c3)CC2)cc1. The summed E-state index contributed by atoms with van der Waals surface area (Å²) in [7, 11) is -3.79. The van der Waals surface area contributed by atoms with Gasteiger partial charge in [0.15, 0.2) is 11.5 Å². The first-order chi connectivity index (χ1) is 12.8. The minimum atomic E-state index is -3.79. The summed E-state index contributed by atoms with van der Waals surface area (Å²) in [6.45, 7) is 0. The van der Waals surface area contributed by atoms with Crippen molar-refractivity contribution in [2.24, 2.45) is 0 Å². The first-order valence-electron chi connectivity index (χ1n) is 7.95. The van der Waals surface area contributed by atoms with Crippen molar-refractivity contribution >= 4 is 15.8 Å². The number of rotatable bonds is 5. The molecule has 0 atom stereocenters. The Morgan fingerprint density at radius 1 is 0.926 bits per heavy atom. The molecular weight excluding hydrogens is 372 g/mol. The molecule has 0 spiro atoms. The average molecular weight is 388 g/mol. The third-order valence-corrected chi connectivity index (χ3v) is 5.93. The molecule has 1 aliphatic rings. The molecule has 0 heterocycles. The maximum absolute atomic E-state index is 12.6. The number of hydrogen-bond donors (Lipinski definition) is 3. The maximum Gasteiger partial charge on any atom is 0.335 e. The first kappa shape index (κ1) is 18.5. The van der Waals surface area contributed by atoms with Gasteiger partial charge in [0, 0.05) is 17.4 Å². The minimum Gasteiger partial charge on any atom is -0.504 e. The Morgan fingerprint density at radius 2 is 1.63 bits per heavy atom. The van der Waals surface area contributed by atoms with Crippen LogP contribution in [0.3, 0.4) is 0 Å². The number of hydrogen-bond acceptors (Lipinski definition) is 6. The number of phenols is 2. The van der Waals surface area contributed by atoms with Gasteiger partial charge in [0.1, 0.15) is 11.5 Å². The van der Waals surface area contributed by atoms with Crippen LogP contribution in [0.15, 0.2) is 70.2 Å². The minimum absolute atomic E-state index is 0.105. The van der Waals surface area contributed by atoms with E-state index >= 15 is 0 Å². The van der Waals surface area contributed by atoms with Crippen molar-refractivity contribution in [2.75, 3.05) is 0 Å². The third kappa shape index (κ3) is 3.95. The predicted octanol–water partition coefficient (Wildman–Crippen LogP) is 3.21. The second-order valence-electron chi connectivity index (χ2n) is 5.85. The van der Waals surface area contributed by atoms with Crippen LogP contribution in [0.25, 0.3) is 0 Å². The molecular formula is C19H16O7S. The normalized spacial score (nSPS) is 14.2. The van der Waals surface area contributed by atoms with Crippen molar-refractivity contribution in [1.29, 1.82) is 0 Å². The lowest BCUT2D eigenvalue weighted by Crippen LogP contribution is -2.09. The standard InChI is InChI=1S/C19H16O7S/c20-17-10-9-16(11-18(17)21)27(24,25)15-7-5-14(6-8-15)26-13-3-1-12(2-4-13)19(22)23/h1-5,7,9-11,20-21H,6,8H2,(H,22,23). The van der Waals surface area contributed by atoms with Gasteiger partial charge in [-0.25, -0.2) is 13.2 Å². The van der Waals surface area contributed by atoms with Crippen molar-refractivity contribution in [2.45, 2.75) is 17.7 Å². The Morgan fingerprint density at radius 3 is 2.19 bits per heavy atom. The van der Waals surface area contributed by atoms with Gasteiger partial charge in [0.05, 0.1) is 10.5 Å². The van der Waals surface area contributed by atoms with Crippen LogP contribution in [0.5, 0.6) is 17.2 Å². The number of sulfone groups is 1. The van der Waals surface area contributed by atoms with Crippen LogP contribution in [0, 0.1) is 0 Å². The van der Waals surface area contributed by atoms with Gasteiger partial charge in [-0.15, -0.1) is 0 Å². The van der Waals surface area contributed by atoms with Crippen molar-refractivity contribution < 1.29 is 33.3 Å². The molecule has 0 radical (unpaired) electrons. The van der Waals surface area contributed by atoms with Crippen molar-refractivity contribution in [3.05, 3.63) is 70.8 Å². The van der Waals surface area contributed by atoms with Crippen LogP contribution in [0.2, 0.25) is 0 Å². The van der Waals surface area contributed by atoms with Gasteiger partial charge in [-0.2, -0.15) is 0 Å². The molecule has 27 heavy (non-hydrogen) atoms. The fraction of sp³-hybridized carbons (Fsp3) is 0.105. The number of ether oxygens (including phenoxy) is 1. The molecule has 3 N–H and O–H groups in total. The Labute approximate surface area is 155 Å². The number of allylic oxidation sites excluding steroid dienone is 4. The summed E-state index contributed by atoms with van der Waals surface area (Å²) in [6.07, 6.45) is 3.53. The molecule has 2 aromatic rings. The second kappa shape index (κ2) is 7.16. The van der Waals surface area contributed by atoms with Gasteiger partial charge in [0.25, 0.3) is 0 Å². The van der Waals surface area contributed by atoms with Gasteiger partial charge in [0.2, 0.25) is 9.84 Å². The summed E-state index contributed by atoms with van der Waals surface area (Å²) in [4.78, 5) is 10.9. The van der Waals surface area contributed by atoms with Gasteiger partial charge >= 0.3 is 5.97 Å². The van der Waals surface area contributed by atoms with E-state index in [2.05, 4.69) is 0 Å². The largest absolute Gasteiger partial charge is 0.504 e. The highest BCUT2D eigenvalue weighted by atomic mass is 32.2. The van der Waals surface area contributed by atoms with Crippen molar-refractivity contribution in [3.63, 3.8) is 0 Å². The highest BCUT2D eigenvalue weighted by molar-refractivity contribution is 7.95. The number of carboxylic acids is 1. The lowest BCUT2D eigenvalue weighted by atomic mass is 10.1. The summed E-state index contributed by atoms with van der Waals surface area (Å²) in [5.74, 6) is -0.926. The van der Waals surface area contributed by atoms with E-state index in [1.165, 1.54) is 36.4 Å². The lowest BCUT2D eigenvalue weighted by molar-refractivity contribution is 0.0697. The van der Waals surface area contributed by atoms with E-state index in [4.69, 9.17) is 9.84 Å². The van der Waals surface area contributed by atoms with Crippen LogP contribution in [0.1, 0.15) is 23.2 Å². The summed E-state index contributed by atoms with van der Waals surface area (Å²) in [5, 5.41) is 27.7. The van der Waals surface area contributed by atoms with Crippen molar-refractivity contribution in [1.82, 2.24) is 0 Å². The van der Waals surface area contributed by atoms with Crippen LogP contribution in [-0.2, 0) is 9.84 Å². The lowest BCUT2D eigenvalue weighted by Gasteiger charge is -2.16. The fourth-order valence-corrected chi connectivity index (χ4v) is 3.98. The molecule has 0 fully saturated rings. The number of phenolic OH excluding ortho intramolecular Hbond substituents is 2. The Balaban J connectivity index is 1.78. The van der Waals surface area contributed by atoms with Crippen molar-refractivity contribution in [3.8, 4) is 17.2 Å². The molecule has 140 valence electrons. The monoisotopic (exact) mass is 388 g/mol. The predicted molar refractivity (Wildman–Crippen MR) is 96.4 cm³/mol. The molecule has 2 aromatic carbocycles. The van der Waals surface area contributed by atoms with Gasteiger partial charge < -0.3 is 20.1 Å². The molecule has 0 saturated carbocycles. The molecule has 0 amide bonds. The average Bonchev–Trinajstić information content (AvgIpc) is 2.65. The number of carboxylic acid groups (broad SMARTS) is 1. The molecule has 8 heteroatoms. The summed E-state index contributed by atoms with van der Waals surface area (Å²) < 4.78 is 30.9. The van der Waals surface area contributed by atoms with E-state index < -0.39 is 27.3 Å². The molecule has 0 saturated heterocycles. The zero-order valence-corrected chi connectivity index (χ0v) is 14.8. The maximum atomic E-state index is 12.6. The van der Waals surface area contributed by atoms with E-state index in [1.54, 1.807) is 6.08 Å². The summed E-state index contributed by atoms with van der Waals surface area (Å²) in [6, 6.07) is 9.25. The van der Waals surface area contributed by atoms with Crippen LogP contribution >= 0.6 is 0 Å². The van der Waals surface area contributed by atoms with Crippen LogP contribution in [0.4, 0.5) is 0 Å². The van der Waals surface area contributed by atoms with E-state index in [-0.39, 0.29) is 21.8 Å². The number of aromatic carboxylic acids is 1. The quantitative estimate of drug-likeness (QED) is 0.673. The second-order valence-corrected chi connectivity index (χ2v) is 7.85. The Bertz CT molecular complexity index is 1050. The summed E-state index contributed by atoms with van der Waals surface area (Å²) >= 11 is 0. The van der Waals surface area contributed by atoms with Gasteiger partial charge in [-0.1, -0.05) is 0 Å².